The molecule has 0 aliphatic rings. The van der Waals surface area contributed by atoms with Crippen molar-refractivity contribution in [2.24, 2.45) is 0 Å². The van der Waals surface area contributed by atoms with E-state index in [1.165, 1.54) is 35.6 Å². The number of benzene rings is 2. The third kappa shape index (κ3) is 4.74. The summed E-state index contributed by atoms with van der Waals surface area (Å²) in [6, 6.07) is 16.0. The molecule has 0 aliphatic carbocycles. The number of halogens is 1. The first-order chi connectivity index (χ1) is 12.1. The maximum absolute atomic E-state index is 12.9. The van der Waals surface area contributed by atoms with Gasteiger partial charge in [-0.25, -0.2) is 4.39 Å². The molecule has 0 fully saturated rings. The highest BCUT2D eigenvalue weighted by Gasteiger charge is 2.08. The molecule has 0 unspecified atom stereocenters. The van der Waals surface area contributed by atoms with Gasteiger partial charge < -0.3 is 10.6 Å². The zero-order valence-electron chi connectivity index (χ0n) is 13.2. The Bertz CT molecular complexity index is 859. The van der Waals surface area contributed by atoms with Crippen LogP contribution in [0.15, 0.2) is 66.0 Å². The molecule has 0 spiro atoms. The molecular formula is C19H15FN2O2S. The summed E-state index contributed by atoms with van der Waals surface area (Å²) in [5.41, 5.74) is 1.58. The van der Waals surface area contributed by atoms with Crippen LogP contribution in [0.2, 0.25) is 0 Å². The van der Waals surface area contributed by atoms with Crippen molar-refractivity contribution in [3.05, 3.63) is 82.3 Å². The number of hydrogen-bond donors (Lipinski definition) is 2. The van der Waals surface area contributed by atoms with E-state index in [0.29, 0.717) is 23.4 Å². The molecular weight excluding hydrogens is 339 g/mol. The molecule has 2 aromatic carbocycles. The van der Waals surface area contributed by atoms with Gasteiger partial charge in [-0.2, -0.15) is 0 Å². The summed E-state index contributed by atoms with van der Waals surface area (Å²) < 4.78 is 12.9. The molecule has 0 radical (unpaired) electrons. The van der Waals surface area contributed by atoms with Gasteiger partial charge in [0, 0.05) is 21.8 Å². The second-order valence-electron chi connectivity index (χ2n) is 5.34. The first-order valence-corrected chi connectivity index (χ1v) is 8.47. The largest absolute Gasteiger partial charge is 0.326 e. The molecule has 0 atom stereocenters. The van der Waals surface area contributed by atoms with Crippen molar-refractivity contribution in [2.45, 2.75) is 6.42 Å². The normalized spacial score (nSPS) is 10.3. The Kier molecular flexibility index (Phi) is 5.20. The number of anilines is 2. The predicted molar refractivity (Wildman–Crippen MR) is 97.4 cm³/mol. The van der Waals surface area contributed by atoms with Crippen molar-refractivity contribution >= 4 is 34.5 Å². The number of carbonyl (C=O) groups excluding carboxylic acids is 2. The van der Waals surface area contributed by atoms with Gasteiger partial charge in [0.15, 0.2) is 0 Å². The Morgan fingerprint density at radius 2 is 1.52 bits per heavy atom. The van der Waals surface area contributed by atoms with E-state index in [4.69, 9.17) is 0 Å². The van der Waals surface area contributed by atoms with Crippen LogP contribution in [0.25, 0.3) is 0 Å². The third-order valence-electron chi connectivity index (χ3n) is 3.45. The van der Waals surface area contributed by atoms with Crippen LogP contribution in [0.4, 0.5) is 15.8 Å². The lowest BCUT2D eigenvalue weighted by Gasteiger charge is -2.07. The smallest absolute Gasteiger partial charge is 0.255 e. The Hall–Kier alpha value is -2.99. The Morgan fingerprint density at radius 3 is 2.16 bits per heavy atom. The summed E-state index contributed by atoms with van der Waals surface area (Å²) in [6.07, 6.45) is 0.324. The van der Waals surface area contributed by atoms with Gasteiger partial charge in [-0.05, 0) is 60.0 Å². The van der Waals surface area contributed by atoms with Crippen molar-refractivity contribution in [1.82, 2.24) is 0 Å². The minimum absolute atomic E-state index is 0.106. The van der Waals surface area contributed by atoms with Crippen LogP contribution in [0.3, 0.4) is 0 Å². The van der Waals surface area contributed by atoms with Crippen LogP contribution < -0.4 is 10.6 Å². The SMILES string of the molecule is O=C(Cc1cccs1)Nc1ccc(C(=O)Nc2ccc(F)cc2)cc1. The molecule has 0 aliphatic heterocycles. The van der Waals surface area contributed by atoms with Crippen LogP contribution in [-0.2, 0) is 11.2 Å². The van der Waals surface area contributed by atoms with E-state index in [0.717, 1.165) is 4.88 Å². The van der Waals surface area contributed by atoms with Crippen LogP contribution in [0.1, 0.15) is 15.2 Å². The third-order valence-corrected chi connectivity index (χ3v) is 4.32. The minimum Gasteiger partial charge on any atom is -0.326 e. The lowest BCUT2D eigenvalue weighted by Crippen LogP contribution is -2.14. The van der Waals surface area contributed by atoms with Gasteiger partial charge in [0.1, 0.15) is 5.82 Å². The first kappa shape index (κ1) is 16.9. The number of amides is 2. The molecule has 0 saturated heterocycles. The quantitative estimate of drug-likeness (QED) is 0.717. The molecule has 3 rings (SSSR count). The Labute approximate surface area is 148 Å². The zero-order chi connectivity index (χ0) is 17.6. The van der Waals surface area contributed by atoms with Gasteiger partial charge >= 0.3 is 0 Å². The van der Waals surface area contributed by atoms with Crippen LogP contribution >= 0.6 is 11.3 Å². The Morgan fingerprint density at radius 1 is 0.880 bits per heavy atom. The molecule has 0 bridgehead atoms. The molecule has 4 nitrogen and oxygen atoms in total. The molecule has 126 valence electrons. The standard InChI is InChI=1S/C19H15FN2O2S/c20-14-5-9-16(10-6-14)22-19(24)13-3-7-15(8-4-13)21-18(23)12-17-2-1-11-25-17/h1-11H,12H2,(H,21,23)(H,22,24). The highest BCUT2D eigenvalue weighted by Crippen LogP contribution is 2.15. The molecule has 6 heteroatoms. The van der Waals surface area contributed by atoms with E-state index in [1.807, 2.05) is 17.5 Å². The van der Waals surface area contributed by atoms with Crippen molar-refractivity contribution < 1.29 is 14.0 Å². The fourth-order valence-corrected chi connectivity index (χ4v) is 2.92. The van der Waals surface area contributed by atoms with Crippen LogP contribution in [-0.4, -0.2) is 11.8 Å². The zero-order valence-corrected chi connectivity index (χ0v) is 14.0. The number of carbonyl (C=O) groups is 2. The second kappa shape index (κ2) is 7.72. The lowest BCUT2D eigenvalue weighted by atomic mass is 10.2. The van der Waals surface area contributed by atoms with E-state index in [-0.39, 0.29) is 17.6 Å². The number of nitrogens with one attached hydrogen (secondary N) is 2. The molecule has 0 saturated carbocycles. The minimum atomic E-state index is -0.361. The molecule has 1 heterocycles. The van der Waals surface area contributed by atoms with E-state index >= 15 is 0 Å². The summed E-state index contributed by atoms with van der Waals surface area (Å²) in [6.45, 7) is 0. The molecule has 3 aromatic rings. The van der Waals surface area contributed by atoms with Crippen molar-refractivity contribution in [3.63, 3.8) is 0 Å². The van der Waals surface area contributed by atoms with Crippen molar-refractivity contribution in [2.75, 3.05) is 10.6 Å². The van der Waals surface area contributed by atoms with Gasteiger partial charge in [0.25, 0.3) is 5.91 Å². The monoisotopic (exact) mass is 354 g/mol. The van der Waals surface area contributed by atoms with Crippen molar-refractivity contribution in [3.8, 4) is 0 Å². The summed E-state index contributed by atoms with van der Waals surface area (Å²) in [5.74, 6) is -0.769. The number of hydrogen-bond acceptors (Lipinski definition) is 3. The van der Waals surface area contributed by atoms with Crippen molar-refractivity contribution in [1.29, 1.82) is 0 Å². The average molecular weight is 354 g/mol. The van der Waals surface area contributed by atoms with Crippen LogP contribution in [0.5, 0.6) is 0 Å². The van der Waals surface area contributed by atoms with E-state index < -0.39 is 0 Å². The van der Waals surface area contributed by atoms with Crippen LogP contribution in [0, 0.1) is 5.82 Å². The number of rotatable bonds is 5. The topological polar surface area (TPSA) is 58.2 Å². The maximum atomic E-state index is 12.9. The molecule has 25 heavy (non-hydrogen) atoms. The summed E-state index contributed by atoms with van der Waals surface area (Å²) >= 11 is 1.53. The fourth-order valence-electron chi connectivity index (χ4n) is 2.22. The van der Waals surface area contributed by atoms with Gasteiger partial charge in [0.05, 0.1) is 6.42 Å². The van der Waals surface area contributed by atoms with E-state index in [9.17, 15) is 14.0 Å². The van der Waals surface area contributed by atoms with Gasteiger partial charge in [0.2, 0.25) is 5.91 Å². The number of thiophene rings is 1. The summed E-state index contributed by atoms with van der Waals surface area (Å²) in [4.78, 5) is 25.1. The first-order valence-electron chi connectivity index (χ1n) is 7.59. The highest BCUT2D eigenvalue weighted by molar-refractivity contribution is 7.10. The highest BCUT2D eigenvalue weighted by atomic mass is 32.1. The second-order valence-corrected chi connectivity index (χ2v) is 6.37. The summed E-state index contributed by atoms with van der Waals surface area (Å²) in [5, 5.41) is 7.41. The fraction of sp³-hybridized carbons (Fsp3) is 0.0526. The van der Waals surface area contributed by atoms with E-state index in [1.54, 1.807) is 24.3 Å². The predicted octanol–water partition coefficient (Wildman–Crippen LogP) is 4.32. The molecule has 2 N–H and O–H groups in total. The summed E-state index contributed by atoms with van der Waals surface area (Å²) in [7, 11) is 0. The average Bonchev–Trinajstić information content (AvgIpc) is 3.10. The van der Waals surface area contributed by atoms with E-state index in [2.05, 4.69) is 10.6 Å². The maximum Gasteiger partial charge on any atom is 0.255 e. The lowest BCUT2D eigenvalue weighted by molar-refractivity contribution is -0.115. The molecule has 1 aromatic heterocycles. The molecule has 2 amide bonds. The van der Waals surface area contributed by atoms with Gasteiger partial charge in [-0.1, -0.05) is 6.07 Å². The van der Waals surface area contributed by atoms with Gasteiger partial charge in [-0.15, -0.1) is 11.3 Å². The van der Waals surface area contributed by atoms with Gasteiger partial charge in [-0.3, -0.25) is 9.59 Å². The Balaban J connectivity index is 1.58.